The van der Waals surface area contributed by atoms with Gasteiger partial charge in [-0.1, -0.05) is 12.1 Å². The highest BCUT2D eigenvalue weighted by atomic mass is 32.2. The number of hydrogen-bond acceptors (Lipinski definition) is 6. The number of pyridine rings is 1. The van der Waals surface area contributed by atoms with E-state index in [1.54, 1.807) is 18.3 Å². The number of benzene rings is 1. The highest BCUT2D eigenvalue weighted by Crippen LogP contribution is 2.18. The number of urea groups is 1. The summed E-state index contributed by atoms with van der Waals surface area (Å²) >= 11 is 0. The van der Waals surface area contributed by atoms with Crippen molar-refractivity contribution in [3.8, 4) is 0 Å². The molecule has 1 saturated heterocycles. The molecule has 3 rings (SSSR count). The van der Waals surface area contributed by atoms with Crippen LogP contribution in [-0.2, 0) is 16.6 Å². The first kappa shape index (κ1) is 23.0. The highest BCUT2D eigenvalue weighted by Gasteiger charge is 2.18. The smallest absolute Gasteiger partial charge is 0.319 e. The summed E-state index contributed by atoms with van der Waals surface area (Å²) in [7, 11) is 1.50. The lowest BCUT2D eigenvalue weighted by Crippen LogP contribution is -2.30. The molecule has 10 heteroatoms. The van der Waals surface area contributed by atoms with Crippen LogP contribution in [0.5, 0.6) is 0 Å². The van der Waals surface area contributed by atoms with Gasteiger partial charge in [-0.2, -0.15) is 0 Å². The quantitative estimate of drug-likeness (QED) is 0.702. The van der Waals surface area contributed by atoms with E-state index in [0.717, 1.165) is 48.3 Å². The van der Waals surface area contributed by atoms with Crippen LogP contribution in [-0.4, -0.2) is 76.0 Å². The third-order valence-corrected chi connectivity index (χ3v) is 6.99. The van der Waals surface area contributed by atoms with E-state index in [0.29, 0.717) is 12.2 Å². The molecule has 1 aliphatic heterocycles. The summed E-state index contributed by atoms with van der Waals surface area (Å²) < 4.78 is 25.6. The molecule has 1 fully saturated rings. The molecule has 1 aromatic carbocycles. The maximum atomic E-state index is 12.2. The van der Waals surface area contributed by atoms with Crippen molar-refractivity contribution in [1.29, 1.82) is 0 Å². The van der Waals surface area contributed by atoms with E-state index in [2.05, 4.69) is 32.5 Å². The van der Waals surface area contributed by atoms with Crippen molar-refractivity contribution in [2.24, 2.45) is 0 Å². The van der Waals surface area contributed by atoms with Gasteiger partial charge in [-0.15, -0.1) is 0 Å². The Morgan fingerprint density at radius 1 is 1.13 bits per heavy atom. The standard InChI is InChI=1S/C21H30N6O3S/c1-25(2)31(29,30)19-7-4-6-18(14-19)24-21(28)23-16-17-8-9-20(22-15-17)27-11-5-10-26(3)12-13-27/h4,6-9,14-15H,5,10-13,16H2,1-3H3,(H2,23,24,28). The normalized spacial score (nSPS) is 15.5. The average molecular weight is 447 g/mol. The number of anilines is 2. The van der Waals surface area contributed by atoms with E-state index in [1.807, 2.05) is 12.1 Å². The van der Waals surface area contributed by atoms with Crippen LogP contribution in [0.15, 0.2) is 47.5 Å². The van der Waals surface area contributed by atoms with Crippen LogP contribution >= 0.6 is 0 Å². The van der Waals surface area contributed by atoms with Crippen LogP contribution in [0.1, 0.15) is 12.0 Å². The zero-order chi connectivity index (χ0) is 22.4. The van der Waals surface area contributed by atoms with Gasteiger partial charge >= 0.3 is 6.03 Å². The Morgan fingerprint density at radius 2 is 1.94 bits per heavy atom. The van der Waals surface area contributed by atoms with Crippen molar-refractivity contribution in [2.75, 3.05) is 57.5 Å². The molecule has 1 aliphatic rings. The van der Waals surface area contributed by atoms with Crippen molar-refractivity contribution in [3.63, 3.8) is 0 Å². The molecule has 0 atom stereocenters. The van der Waals surface area contributed by atoms with E-state index in [9.17, 15) is 13.2 Å². The Bertz CT molecular complexity index is 994. The van der Waals surface area contributed by atoms with Crippen LogP contribution in [0.25, 0.3) is 0 Å². The van der Waals surface area contributed by atoms with E-state index in [4.69, 9.17) is 0 Å². The number of amides is 2. The van der Waals surface area contributed by atoms with Gasteiger partial charge in [0.15, 0.2) is 0 Å². The number of carbonyl (C=O) groups is 1. The summed E-state index contributed by atoms with van der Waals surface area (Å²) in [5.74, 6) is 0.947. The third-order valence-electron chi connectivity index (χ3n) is 5.18. The number of carbonyl (C=O) groups excluding carboxylic acids is 1. The van der Waals surface area contributed by atoms with Gasteiger partial charge in [0.1, 0.15) is 5.82 Å². The maximum absolute atomic E-state index is 12.2. The summed E-state index contributed by atoms with van der Waals surface area (Å²) in [6, 6.07) is 9.69. The number of nitrogens with zero attached hydrogens (tertiary/aromatic N) is 4. The first-order valence-corrected chi connectivity index (χ1v) is 11.7. The first-order chi connectivity index (χ1) is 14.8. The Morgan fingerprint density at radius 3 is 2.65 bits per heavy atom. The van der Waals surface area contributed by atoms with E-state index in [-0.39, 0.29) is 4.90 Å². The minimum Gasteiger partial charge on any atom is -0.355 e. The zero-order valence-corrected chi connectivity index (χ0v) is 19.0. The predicted molar refractivity (Wildman–Crippen MR) is 122 cm³/mol. The monoisotopic (exact) mass is 446 g/mol. The number of rotatable bonds is 6. The summed E-state index contributed by atoms with van der Waals surface area (Å²) in [5, 5.41) is 5.44. The van der Waals surface area contributed by atoms with E-state index in [1.165, 1.54) is 26.2 Å². The largest absolute Gasteiger partial charge is 0.355 e. The molecular formula is C21H30N6O3S. The lowest BCUT2D eigenvalue weighted by atomic mass is 10.2. The molecule has 9 nitrogen and oxygen atoms in total. The fourth-order valence-corrected chi connectivity index (χ4v) is 4.23. The van der Waals surface area contributed by atoms with E-state index >= 15 is 0 Å². The Balaban J connectivity index is 1.54. The summed E-state index contributed by atoms with van der Waals surface area (Å²) in [6.07, 6.45) is 2.88. The van der Waals surface area contributed by atoms with Crippen LogP contribution in [0, 0.1) is 0 Å². The van der Waals surface area contributed by atoms with Crippen LogP contribution < -0.4 is 15.5 Å². The first-order valence-electron chi connectivity index (χ1n) is 10.2. The number of hydrogen-bond donors (Lipinski definition) is 2. The lowest BCUT2D eigenvalue weighted by Gasteiger charge is -2.21. The van der Waals surface area contributed by atoms with Crippen molar-refractivity contribution < 1.29 is 13.2 Å². The molecule has 2 heterocycles. The van der Waals surface area contributed by atoms with E-state index < -0.39 is 16.1 Å². The van der Waals surface area contributed by atoms with Crippen molar-refractivity contribution in [1.82, 2.24) is 19.5 Å². The number of nitrogens with one attached hydrogen (secondary N) is 2. The minimum absolute atomic E-state index is 0.120. The second kappa shape index (κ2) is 10.1. The maximum Gasteiger partial charge on any atom is 0.319 e. The second-order valence-corrected chi connectivity index (χ2v) is 9.94. The zero-order valence-electron chi connectivity index (χ0n) is 18.2. The van der Waals surface area contributed by atoms with Gasteiger partial charge < -0.3 is 20.4 Å². The average Bonchev–Trinajstić information content (AvgIpc) is 2.97. The van der Waals surface area contributed by atoms with Gasteiger partial charge in [0.2, 0.25) is 10.0 Å². The van der Waals surface area contributed by atoms with Gasteiger partial charge in [0, 0.05) is 52.2 Å². The molecule has 0 saturated carbocycles. The van der Waals surface area contributed by atoms with Crippen LogP contribution in [0.3, 0.4) is 0 Å². The molecule has 0 aliphatic carbocycles. The van der Waals surface area contributed by atoms with Crippen LogP contribution in [0.2, 0.25) is 0 Å². The molecule has 0 spiro atoms. The number of sulfonamides is 1. The molecular weight excluding hydrogens is 416 g/mol. The minimum atomic E-state index is -3.56. The molecule has 2 aromatic rings. The number of likely N-dealkylation sites (N-methyl/N-ethyl adjacent to an activating group) is 1. The summed E-state index contributed by atoms with van der Waals surface area (Å²) in [5.41, 5.74) is 1.29. The second-order valence-electron chi connectivity index (χ2n) is 7.79. The molecule has 0 radical (unpaired) electrons. The topological polar surface area (TPSA) is 97.9 Å². The Hall–Kier alpha value is -2.69. The molecule has 2 N–H and O–H groups in total. The molecule has 0 bridgehead atoms. The predicted octanol–water partition coefficient (Wildman–Crippen LogP) is 1.80. The summed E-state index contributed by atoms with van der Waals surface area (Å²) in [4.78, 5) is 21.5. The molecule has 168 valence electrons. The van der Waals surface area contributed by atoms with Gasteiger partial charge in [0.25, 0.3) is 0 Å². The SMILES string of the molecule is CN1CCCN(c2ccc(CNC(=O)Nc3cccc(S(=O)(=O)N(C)C)c3)cn2)CC1. The third kappa shape index (κ3) is 6.16. The van der Waals surface area contributed by atoms with Crippen molar-refractivity contribution in [3.05, 3.63) is 48.2 Å². The van der Waals surface area contributed by atoms with Gasteiger partial charge in [-0.05, 0) is 49.8 Å². The Kier molecular flexibility index (Phi) is 7.47. The van der Waals surface area contributed by atoms with Gasteiger partial charge in [0.05, 0.1) is 4.90 Å². The molecule has 1 aromatic heterocycles. The molecule has 31 heavy (non-hydrogen) atoms. The van der Waals surface area contributed by atoms with Gasteiger partial charge in [-0.3, -0.25) is 0 Å². The van der Waals surface area contributed by atoms with Gasteiger partial charge in [-0.25, -0.2) is 22.5 Å². The lowest BCUT2D eigenvalue weighted by molar-refractivity contribution is 0.251. The molecule has 2 amide bonds. The fraction of sp³-hybridized carbons (Fsp3) is 0.429. The fourth-order valence-electron chi connectivity index (χ4n) is 3.29. The molecule has 0 unspecified atom stereocenters. The Labute approximate surface area is 184 Å². The summed E-state index contributed by atoms with van der Waals surface area (Å²) in [6.45, 7) is 4.36. The highest BCUT2D eigenvalue weighted by molar-refractivity contribution is 7.89. The van der Waals surface area contributed by atoms with Crippen LogP contribution in [0.4, 0.5) is 16.3 Å². The van der Waals surface area contributed by atoms with Crippen molar-refractivity contribution in [2.45, 2.75) is 17.9 Å². The van der Waals surface area contributed by atoms with Crippen molar-refractivity contribution >= 4 is 27.6 Å². The number of aromatic nitrogens is 1.